The van der Waals surface area contributed by atoms with E-state index in [2.05, 4.69) is 0 Å². The summed E-state index contributed by atoms with van der Waals surface area (Å²) >= 11 is 0. The van der Waals surface area contributed by atoms with E-state index in [1.807, 2.05) is 0 Å². The molecule has 1 aromatic rings. The first-order valence-corrected chi connectivity index (χ1v) is 8.27. The number of phosphoric acid groups is 1. The number of hydrogen-bond acceptors (Lipinski definition) is 6. The second-order valence-electron chi connectivity index (χ2n) is 4.84. The van der Waals surface area contributed by atoms with E-state index in [-0.39, 0.29) is 17.5 Å². The first kappa shape index (κ1) is 15.9. The lowest BCUT2D eigenvalue weighted by Gasteiger charge is -2.25. The van der Waals surface area contributed by atoms with Crippen LogP contribution in [0.1, 0.15) is 32.1 Å². The molecule has 1 saturated carbocycles. The average molecular weight is 315 g/mol. The van der Waals surface area contributed by atoms with Gasteiger partial charge in [-0.3, -0.25) is 19.2 Å². The highest BCUT2D eigenvalue weighted by molar-refractivity contribution is 7.48. The molecular formula is C13H18NO6P. The molecule has 1 aromatic carbocycles. The number of phosphoric ester groups is 1. The molecule has 2 rings (SSSR count). The van der Waals surface area contributed by atoms with Gasteiger partial charge >= 0.3 is 7.82 Å². The number of hydrogen-bond donors (Lipinski definition) is 0. The van der Waals surface area contributed by atoms with Crippen molar-refractivity contribution < 1.29 is 23.1 Å². The largest absolute Gasteiger partial charge is 0.530 e. The van der Waals surface area contributed by atoms with E-state index in [1.165, 1.54) is 31.4 Å². The number of nitro benzene ring substituents is 1. The molecule has 1 aliphatic carbocycles. The molecule has 0 bridgehead atoms. The van der Waals surface area contributed by atoms with Gasteiger partial charge in [-0.25, -0.2) is 4.57 Å². The summed E-state index contributed by atoms with van der Waals surface area (Å²) in [5.74, 6) is 0.210. The number of nitro groups is 1. The van der Waals surface area contributed by atoms with Gasteiger partial charge in [0.05, 0.1) is 11.0 Å². The summed E-state index contributed by atoms with van der Waals surface area (Å²) in [4.78, 5) is 10.1. The van der Waals surface area contributed by atoms with Gasteiger partial charge in [0.15, 0.2) is 0 Å². The zero-order chi connectivity index (χ0) is 15.3. The SMILES string of the molecule is COP(=O)(Oc1ccc([N+](=O)[O-])cc1)OC1CCCCC1. The van der Waals surface area contributed by atoms with Crippen molar-refractivity contribution in [3.05, 3.63) is 34.4 Å². The summed E-state index contributed by atoms with van der Waals surface area (Å²) in [7, 11) is -2.44. The Hall–Kier alpha value is -1.43. The zero-order valence-corrected chi connectivity index (χ0v) is 12.7. The summed E-state index contributed by atoms with van der Waals surface area (Å²) < 4.78 is 28.1. The van der Waals surface area contributed by atoms with Crippen molar-refractivity contribution in [1.29, 1.82) is 0 Å². The molecule has 1 unspecified atom stereocenters. The summed E-state index contributed by atoms with van der Waals surface area (Å²) in [6.07, 6.45) is 4.74. The maximum atomic E-state index is 12.4. The lowest BCUT2D eigenvalue weighted by Crippen LogP contribution is -2.17. The van der Waals surface area contributed by atoms with Gasteiger partial charge in [-0.1, -0.05) is 19.3 Å². The van der Waals surface area contributed by atoms with Crippen LogP contribution in [0.25, 0.3) is 0 Å². The van der Waals surface area contributed by atoms with Crippen molar-refractivity contribution in [3.8, 4) is 5.75 Å². The maximum absolute atomic E-state index is 12.4. The molecule has 21 heavy (non-hydrogen) atoms. The predicted octanol–water partition coefficient (Wildman–Crippen LogP) is 4.08. The summed E-state index contributed by atoms with van der Waals surface area (Å²) in [5, 5.41) is 10.6. The molecule has 0 saturated heterocycles. The van der Waals surface area contributed by atoms with Crippen LogP contribution >= 0.6 is 7.82 Å². The monoisotopic (exact) mass is 315 g/mol. The molecule has 116 valence electrons. The van der Waals surface area contributed by atoms with Crippen LogP contribution in [-0.2, 0) is 13.6 Å². The van der Waals surface area contributed by atoms with Gasteiger partial charge < -0.3 is 4.52 Å². The molecular weight excluding hydrogens is 297 g/mol. The fourth-order valence-electron chi connectivity index (χ4n) is 2.21. The van der Waals surface area contributed by atoms with Crippen LogP contribution < -0.4 is 4.52 Å². The van der Waals surface area contributed by atoms with Gasteiger partial charge in [-0.2, -0.15) is 0 Å². The lowest BCUT2D eigenvalue weighted by molar-refractivity contribution is -0.384. The van der Waals surface area contributed by atoms with Gasteiger partial charge in [0.25, 0.3) is 5.69 Å². The Balaban J connectivity index is 2.02. The lowest BCUT2D eigenvalue weighted by atomic mass is 9.98. The van der Waals surface area contributed by atoms with Crippen LogP contribution in [0.3, 0.4) is 0 Å². The Morgan fingerprint density at radius 2 is 1.81 bits per heavy atom. The van der Waals surface area contributed by atoms with Crippen molar-refractivity contribution in [2.45, 2.75) is 38.2 Å². The van der Waals surface area contributed by atoms with Crippen LogP contribution in [0.5, 0.6) is 5.75 Å². The summed E-state index contributed by atoms with van der Waals surface area (Å²) in [6.45, 7) is 0. The van der Waals surface area contributed by atoms with E-state index in [1.54, 1.807) is 0 Å². The Kier molecular flexibility index (Phi) is 5.33. The highest BCUT2D eigenvalue weighted by Gasteiger charge is 2.32. The number of rotatable bonds is 6. The predicted molar refractivity (Wildman–Crippen MR) is 76.3 cm³/mol. The van der Waals surface area contributed by atoms with E-state index in [0.29, 0.717) is 0 Å². The third kappa shape index (κ3) is 4.52. The molecule has 0 N–H and O–H groups in total. The second kappa shape index (κ2) is 7.02. The number of nitrogens with zero attached hydrogens (tertiary/aromatic N) is 1. The minimum absolute atomic E-state index is 0.0669. The fraction of sp³-hybridized carbons (Fsp3) is 0.538. The molecule has 0 radical (unpaired) electrons. The van der Waals surface area contributed by atoms with E-state index in [0.717, 1.165) is 32.1 Å². The Morgan fingerprint density at radius 1 is 1.19 bits per heavy atom. The van der Waals surface area contributed by atoms with Crippen molar-refractivity contribution in [2.75, 3.05) is 7.11 Å². The minimum Gasteiger partial charge on any atom is -0.404 e. The Morgan fingerprint density at radius 3 is 2.33 bits per heavy atom. The molecule has 1 fully saturated rings. The highest BCUT2D eigenvalue weighted by Crippen LogP contribution is 2.51. The first-order valence-electron chi connectivity index (χ1n) is 6.80. The van der Waals surface area contributed by atoms with Gasteiger partial charge in [0.1, 0.15) is 5.75 Å². The summed E-state index contributed by atoms with van der Waals surface area (Å²) in [6, 6.07) is 5.29. The van der Waals surface area contributed by atoms with Crippen molar-refractivity contribution in [1.82, 2.24) is 0 Å². The first-order chi connectivity index (χ1) is 10.0. The van der Waals surface area contributed by atoms with Crippen molar-refractivity contribution in [2.24, 2.45) is 0 Å². The number of non-ortho nitro benzene ring substituents is 1. The van der Waals surface area contributed by atoms with Crippen molar-refractivity contribution in [3.63, 3.8) is 0 Å². The van der Waals surface area contributed by atoms with E-state index in [4.69, 9.17) is 13.6 Å². The highest BCUT2D eigenvalue weighted by atomic mass is 31.2. The quantitative estimate of drug-likeness (QED) is 0.446. The van der Waals surface area contributed by atoms with Crippen LogP contribution in [0.15, 0.2) is 24.3 Å². The van der Waals surface area contributed by atoms with Crippen LogP contribution in [0.2, 0.25) is 0 Å². The molecule has 0 spiro atoms. The average Bonchev–Trinajstić information content (AvgIpc) is 2.48. The van der Waals surface area contributed by atoms with E-state index >= 15 is 0 Å². The third-order valence-corrected chi connectivity index (χ3v) is 4.76. The molecule has 0 amide bonds. The molecule has 1 aliphatic rings. The van der Waals surface area contributed by atoms with Crippen LogP contribution in [-0.4, -0.2) is 18.1 Å². The molecule has 8 heteroatoms. The second-order valence-corrected chi connectivity index (χ2v) is 6.49. The van der Waals surface area contributed by atoms with E-state index < -0.39 is 12.7 Å². The molecule has 0 aromatic heterocycles. The van der Waals surface area contributed by atoms with Gasteiger partial charge in [0.2, 0.25) is 0 Å². The normalized spacial score (nSPS) is 18.9. The van der Waals surface area contributed by atoms with E-state index in [9.17, 15) is 14.7 Å². The zero-order valence-electron chi connectivity index (χ0n) is 11.8. The van der Waals surface area contributed by atoms with Crippen molar-refractivity contribution >= 4 is 13.5 Å². The Bertz CT molecular complexity index is 526. The molecule has 0 aliphatic heterocycles. The van der Waals surface area contributed by atoms with Gasteiger partial charge in [-0.05, 0) is 25.0 Å². The molecule has 0 heterocycles. The van der Waals surface area contributed by atoms with Gasteiger partial charge in [0, 0.05) is 19.2 Å². The summed E-state index contributed by atoms with van der Waals surface area (Å²) in [5.41, 5.74) is -0.0669. The smallest absolute Gasteiger partial charge is 0.404 e. The van der Waals surface area contributed by atoms with Gasteiger partial charge in [-0.15, -0.1) is 0 Å². The Labute approximate surface area is 123 Å². The third-order valence-electron chi connectivity index (χ3n) is 3.32. The van der Waals surface area contributed by atoms with Crippen LogP contribution in [0.4, 0.5) is 5.69 Å². The fourth-order valence-corrected chi connectivity index (χ4v) is 3.37. The molecule has 7 nitrogen and oxygen atoms in total. The number of benzene rings is 1. The van der Waals surface area contributed by atoms with Crippen LogP contribution in [0, 0.1) is 10.1 Å². The standard InChI is InChI=1S/C13H18NO6P/c1-18-21(17,19-12-5-3-2-4-6-12)20-13-9-7-11(8-10-13)14(15)16/h7-10,12H,2-6H2,1H3. The maximum Gasteiger partial charge on any atom is 0.530 e. The topological polar surface area (TPSA) is 87.9 Å². The molecule has 1 atom stereocenters. The minimum atomic E-state index is -3.70.